The van der Waals surface area contributed by atoms with E-state index in [4.69, 9.17) is 20.8 Å². The summed E-state index contributed by atoms with van der Waals surface area (Å²) >= 11 is 7.65. The molecule has 0 spiro atoms. The topological polar surface area (TPSA) is 73.8 Å². The third-order valence-corrected chi connectivity index (χ3v) is 5.77. The Morgan fingerprint density at radius 2 is 2.11 bits per heavy atom. The predicted octanol–water partition coefficient (Wildman–Crippen LogP) is 2.65. The first-order valence-corrected chi connectivity index (χ1v) is 9.59. The molecule has 1 unspecified atom stereocenters. The van der Waals surface area contributed by atoms with Crippen molar-refractivity contribution >= 4 is 35.0 Å². The number of hydrogen-bond acceptors (Lipinski definition) is 6. The largest absolute Gasteiger partial charge is 0.466 e. The Morgan fingerprint density at radius 3 is 2.79 bits per heavy atom. The highest BCUT2D eigenvalue weighted by molar-refractivity contribution is 7.07. The van der Waals surface area contributed by atoms with E-state index in [0.717, 1.165) is 0 Å². The molecule has 0 amide bonds. The molecule has 1 aliphatic heterocycles. The first kappa shape index (κ1) is 18.5. The van der Waals surface area contributed by atoms with Gasteiger partial charge in [-0.05, 0) is 30.7 Å². The van der Waals surface area contributed by atoms with E-state index in [2.05, 4.69) is 4.99 Å². The van der Waals surface area contributed by atoms with Crippen LogP contribution in [0.3, 0.4) is 0 Å². The van der Waals surface area contributed by atoms with E-state index in [1.54, 1.807) is 43.3 Å². The van der Waals surface area contributed by atoms with Crippen molar-refractivity contribution in [2.45, 2.75) is 13.0 Å². The fourth-order valence-corrected chi connectivity index (χ4v) is 4.45. The van der Waals surface area contributed by atoms with Crippen LogP contribution in [0.5, 0.6) is 0 Å². The lowest BCUT2D eigenvalue weighted by Gasteiger charge is -2.25. The van der Waals surface area contributed by atoms with E-state index in [1.165, 1.54) is 29.3 Å². The highest BCUT2D eigenvalue weighted by atomic mass is 35.5. The van der Waals surface area contributed by atoms with Crippen molar-refractivity contribution in [3.8, 4) is 0 Å². The van der Waals surface area contributed by atoms with Crippen LogP contribution in [0.1, 0.15) is 24.3 Å². The van der Waals surface area contributed by atoms with Gasteiger partial charge in [0, 0.05) is 11.1 Å². The lowest BCUT2D eigenvalue weighted by atomic mass is 9.96. The lowest BCUT2D eigenvalue weighted by molar-refractivity contribution is -0.136. The Balaban J connectivity index is 2.03. The molecular formula is C20H15ClN2O4S. The van der Waals surface area contributed by atoms with Crippen LogP contribution >= 0.6 is 22.9 Å². The second-order valence-electron chi connectivity index (χ2n) is 6.11. The molecule has 0 saturated heterocycles. The van der Waals surface area contributed by atoms with Crippen LogP contribution in [0.25, 0.3) is 6.08 Å². The molecule has 1 atom stereocenters. The third kappa shape index (κ3) is 3.02. The number of rotatable bonds is 3. The van der Waals surface area contributed by atoms with E-state index >= 15 is 0 Å². The number of thiazole rings is 1. The maximum atomic E-state index is 13.2. The van der Waals surface area contributed by atoms with Crippen LogP contribution in [0.2, 0.25) is 5.02 Å². The molecule has 8 heteroatoms. The first-order valence-electron chi connectivity index (χ1n) is 8.40. The minimum absolute atomic E-state index is 0.279. The van der Waals surface area contributed by atoms with Crippen LogP contribution < -0.4 is 14.9 Å². The summed E-state index contributed by atoms with van der Waals surface area (Å²) in [7, 11) is 1.30. The molecule has 0 radical (unpaired) electrons. The predicted molar refractivity (Wildman–Crippen MR) is 106 cm³/mol. The van der Waals surface area contributed by atoms with Gasteiger partial charge < -0.3 is 9.15 Å². The van der Waals surface area contributed by atoms with Crippen molar-refractivity contribution in [2.24, 2.45) is 4.99 Å². The summed E-state index contributed by atoms with van der Waals surface area (Å²) in [6, 6.07) is 9.89. The van der Waals surface area contributed by atoms with Gasteiger partial charge in [0.15, 0.2) is 4.80 Å². The Hall–Kier alpha value is -2.90. The maximum absolute atomic E-state index is 13.2. The number of nitrogens with zero attached hydrogens (tertiary/aromatic N) is 2. The number of hydrogen-bond donors (Lipinski definition) is 0. The number of allylic oxidation sites excluding steroid dienone is 1. The van der Waals surface area contributed by atoms with Crippen molar-refractivity contribution in [3.63, 3.8) is 0 Å². The summed E-state index contributed by atoms with van der Waals surface area (Å²) in [6.45, 7) is 1.72. The third-order valence-electron chi connectivity index (χ3n) is 4.44. The summed E-state index contributed by atoms with van der Waals surface area (Å²) in [5.74, 6) is 0.00921. The van der Waals surface area contributed by atoms with Gasteiger partial charge in [0.25, 0.3) is 5.56 Å². The summed E-state index contributed by atoms with van der Waals surface area (Å²) in [6.07, 6.45) is 3.19. The van der Waals surface area contributed by atoms with Crippen LogP contribution in [-0.2, 0) is 9.53 Å². The molecule has 0 aliphatic carbocycles. The molecule has 0 N–H and O–H groups in total. The lowest BCUT2D eigenvalue weighted by Crippen LogP contribution is -2.39. The molecule has 3 aromatic rings. The molecule has 1 aromatic carbocycles. The number of carbonyl (C=O) groups is 1. The van der Waals surface area contributed by atoms with Gasteiger partial charge in [-0.2, -0.15) is 0 Å². The highest BCUT2D eigenvalue weighted by Gasteiger charge is 2.34. The fraction of sp³-hybridized carbons (Fsp3) is 0.150. The second kappa shape index (κ2) is 7.26. The Labute approximate surface area is 168 Å². The van der Waals surface area contributed by atoms with Gasteiger partial charge in [-0.3, -0.25) is 9.36 Å². The van der Waals surface area contributed by atoms with E-state index in [0.29, 0.717) is 31.4 Å². The summed E-state index contributed by atoms with van der Waals surface area (Å²) in [5, 5.41) is 0.448. The smallest absolute Gasteiger partial charge is 0.338 e. The van der Waals surface area contributed by atoms with Gasteiger partial charge in [0.2, 0.25) is 0 Å². The zero-order valence-corrected chi connectivity index (χ0v) is 16.6. The highest BCUT2D eigenvalue weighted by Crippen LogP contribution is 2.34. The monoisotopic (exact) mass is 414 g/mol. The minimum Gasteiger partial charge on any atom is -0.466 e. The van der Waals surface area contributed by atoms with Gasteiger partial charge in [-0.25, -0.2) is 9.79 Å². The Kier molecular flexibility index (Phi) is 4.78. The molecule has 3 heterocycles. The van der Waals surface area contributed by atoms with Crippen molar-refractivity contribution in [2.75, 3.05) is 7.11 Å². The van der Waals surface area contributed by atoms with Crippen LogP contribution in [0.15, 0.2) is 68.1 Å². The van der Waals surface area contributed by atoms with Crippen molar-refractivity contribution in [3.05, 3.63) is 90.0 Å². The number of aromatic nitrogens is 1. The Bertz CT molecular complexity index is 1270. The average molecular weight is 415 g/mol. The van der Waals surface area contributed by atoms with E-state index in [1.807, 2.05) is 6.07 Å². The van der Waals surface area contributed by atoms with Gasteiger partial charge in [0.1, 0.15) is 11.8 Å². The number of esters is 1. The quantitative estimate of drug-likeness (QED) is 0.617. The number of carbonyl (C=O) groups excluding carboxylic acids is 1. The van der Waals surface area contributed by atoms with Gasteiger partial charge in [-0.15, -0.1) is 0 Å². The standard InChI is InChI=1S/C20H15ClN2O4S/c1-11-16(19(25)26-2)17(13-7-3-4-8-14(13)21)23-18(24)15(28-20(23)22-11)10-12-6-5-9-27-12/h3-10,17H,1-2H3/b15-10+. The zero-order chi connectivity index (χ0) is 19.8. The minimum atomic E-state index is -0.726. The number of benzene rings is 1. The molecule has 1 aliphatic rings. The van der Waals surface area contributed by atoms with Crippen LogP contribution in [-0.4, -0.2) is 17.6 Å². The normalized spacial score (nSPS) is 16.7. The molecule has 28 heavy (non-hydrogen) atoms. The van der Waals surface area contributed by atoms with Crippen molar-refractivity contribution in [1.29, 1.82) is 0 Å². The van der Waals surface area contributed by atoms with Crippen molar-refractivity contribution < 1.29 is 13.9 Å². The summed E-state index contributed by atoms with van der Waals surface area (Å²) < 4.78 is 12.2. The molecule has 142 valence electrons. The van der Waals surface area contributed by atoms with E-state index < -0.39 is 12.0 Å². The van der Waals surface area contributed by atoms with E-state index in [9.17, 15) is 9.59 Å². The number of methoxy groups -OCH3 is 1. The van der Waals surface area contributed by atoms with Gasteiger partial charge in [-0.1, -0.05) is 41.1 Å². The number of fused-ring (bicyclic) bond motifs is 1. The summed E-state index contributed by atoms with van der Waals surface area (Å²) in [4.78, 5) is 30.7. The molecule has 6 nitrogen and oxygen atoms in total. The van der Waals surface area contributed by atoms with Crippen molar-refractivity contribution in [1.82, 2.24) is 4.57 Å². The van der Waals surface area contributed by atoms with E-state index in [-0.39, 0.29) is 11.1 Å². The van der Waals surface area contributed by atoms with Gasteiger partial charge >= 0.3 is 5.97 Å². The number of ether oxygens (including phenoxy) is 1. The molecule has 0 fully saturated rings. The average Bonchev–Trinajstić information content (AvgIpc) is 3.29. The molecule has 0 saturated carbocycles. The zero-order valence-electron chi connectivity index (χ0n) is 15.0. The van der Waals surface area contributed by atoms with Crippen LogP contribution in [0.4, 0.5) is 0 Å². The first-order chi connectivity index (χ1) is 13.5. The molecule has 0 bridgehead atoms. The van der Waals surface area contributed by atoms with Gasteiger partial charge in [0.05, 0.1) is 29.2 Å². The fourth-order valence-electron chi connectivity index (χ4n) is 3.19. The van der Waals surface area contributed by atoms with Crippen LogP contribution in [0, 0.1) is 0 Å². The molecular weight excluding hydrogens is 400 g/mol. The number of furan rings is 1. The number of halogens is 1. The molecule has 4 rings (SSSR count). The maximum Gasteiger partial charge on any atom is 0.338 e. The molecule has 2 aromatic heterocycles. The SMILES string of the molecule is COC(=O)C1=C(C)N=c2s/c(=C/c3ccco3)c(=O)n2C1c1ccccc1Cl. The summed E-state index contributed by atoms with van der Waals surface area (Å²) in [5.41, 5.74) is 1.12. The second-order valence-corrected chi connectivity index (χ2v) is 7.53. The Morgan fingerprint density at radius 1 is 1.32 bits per heavy atom.